The molecule has 1 fully saturated rings. The van der Waals surface area contributed by atoms with Crippen molar-refractivity contribution in [2.75, 3.05) is 31.9 Å². The first-order valence-electron chi connectivity index (χ1n) is 7.79. The van der Waals surface area contributed by atoms with E-state index < -0.39 is 10.0 Å². The Labute approximate surface area is 168 Å². The molecule has 1 amide bonds. The topological polar surface area (TPSA) is 83.7 Å². The third-order valence-corrected chi connectivity index (χ3v) is 7.67. The quantitative estimate of drug-likeness (QED) is 0.750. The molecular formula is C16H19Cl2N3O3S2. The summed E-state index contributed by atoms with van der Waals surface area (Å²) in [5.41, 5.74) is 6.75. The van der Waals surface area contributed by atoms with Gasteiger partial charge in [0.25, 0.3) is 15.9 Å². The molecule has 1 aliphatic heterocycles. The third kappa shape index (κ3) is 4.32. The molecule has 0 atom stereocenters. The fraction of sp³-hybridized carbons (Fsp3) is 0.312. The van der Waals surface area contributed by atoms with Gasteiger partial charge in [0.1, 0.15) is 4.21 Å². The summed E-state index contributed by atoms with van der Waals surface area (Å²) in [5.74, 6) is -0.170. The number of sulfonamides is 1. The number of nitrogen functional groups attached to an aromatic ring is 1. The Hall–Kier alpha value is -1.32. The minimum atomic E-state index is -3.58. The van der Waals surface area contributed by atoms with Crippen molar-refractivity contribution in [3.63, 3.8) is 0 Å². The van der Waals surface area contributed by atoms with Crippen molar-refractivity contribution in [1.82, 2.24) is 9.21 Å². The van der Waals surface area contributed by atoms with Crippen LogP contribution in [0.25, 0.3) is 0 Å². The molecule has 3 rings (SSSR count). The molecule has 6 nitrogen and oxygen atoms in total. The summed E-state index contributed by atoms with van der Waals surface area (Å²) >= 11 is 6.90. The highest BCUT2D eigenvalue weighted by atomic mass is 35.5. The van der Waals surface area contributed by atoms with E-state index in [1.165, 1.54) is 10.4 Å². The summed E-state index contributed by atoms with van der Waals surface area (Å²) < 4.78 is 27.5. The smallest absolute Gasteiger partial charge is 0.255 e. The maximum atomic E-state index is 12.7. The van der Waals surface area contributed by atoms with E-state index in [1.54, 1.807) is 35.2 Å². The van der Waals surface area contributed by atoms with Crippen molar-refractivity contribution in [2.24, 2.45) is 0 Å². The van der Waals surface area contributed by atoms with E-state index in [2.05, 4.69) is 0 Å². The van der Waals surface area contributed by atoms with E-state index in [1.807, 2.05) is 0 Å². The number of benzene rings is 1. The number of hydrogen-bond acceptors (Lipinski definition) is 5. The van der Waals surface area contributed by atoms with Gasteiger partial charge in [-0.3, -0.25) is 4.79 Å². The number of nitrogens with two attached hydrogens (primary N) is 1. The van der Waals surface area contributed by atoms with Crippen LogP contribution in [0.4, 0.5) is 5.69 Å². The van der Waals surface area contributed by atoms with Gasteiger partial charge in [-0.05, 0) is 30.7 Å². The molecule has 142 valence electrons. The maximum absolute atomic E-state index is 12.7. The van der Waals surface area contributed by atoms with Crippen LogP contribution >= 0.6 is 35.3 Å². The van der Waals surface area contributed by atoms with E-state index >= 15 is 0 Å². The molecule has 1 aliphatic rings. The molecule has 1 aromatic heterocycles. The fourth-order valence-corrected chi connectivity index (χ4v) is 5.87. The second-order valence-corrected chi connectivity index (χ2v) is 9.58. The van der Waals surface area contributed by atoms with Crippen molar-refractivity contribution >= 4 is 57.0 Å². The molecule has 0 bridgehead atoms. The van der Waals surface area contributed by atoms with Gasteiger partial charge in [-0.15, -0.1) is 23.7 Å². The largest absolute Gasteiger partial charge is 0.398 e. The number of halogens is 2. The molecule has 10 heteroatoms. The Kier molecular flexibility index (Phi) is 6.92. The minimum Gasteiger partial charge on any atom is -0.398 e. The molecule has 26 heavy (non-hydrogen) atoms. The zero-order valence-corrected chi connectivity index (χ0v) is 17.0. The van der Waals surface area contributed by atoms with Gasteiger partial charge < -0.3 is 10.6 Å². The van der Waals surface area contributed by atoms with E-state index in [4.69, 9.17) is 17.3 Å². The lowest BCUT2D eigenvalue weighted by Gasteiger charge is -2.22. The standard InChI is InChI=1S/C16H18ClN3O3S2.ClH/c17-14-6-7-15(24-14)25(22,23)20-9-3-8-19(10-11-20)16(21)12-4-1-2-5-13(12)18;/h1-2,4-7H,3,8-11,18H2;1H. The molecule has 1 aromatic carbocycles. The average molecular weight is 436 g/mol. The van der Waals surface area contributed by atoms with Crippen molar-refractivity contribution in [1.29, 1.82) is 0 Å². The normalized spacial score (nSPS) is 16.0. The lowest BCUT2D eigenvalue weighted by Crippen LogP contribution is -2.37. The van der Waals surface area contributed by atoms with Crippen LogP contribution in [0.15, 0.2) is 40.6 Å². The van der Waals surface area contributed by atoms with Crippen molar-refractivity contribution in [3.05, 3.63) is 46.3 Å². The number of anilines is 1. The van der Waals surface area contributed by atoms with Crippen LogP contribution in [0, 0.1) is 0 Å². The van der Waals surface area contributed by atoms with Crippen LogP contribution in [-0.2, 0) is 10.0 Å². The molecule has 1 saturated heterocycles. The van der Waals surface area contributed by atoms with Crippen molar-refractivity contribution in [3.8, 4) is 0 Å². The number of hydrogen-bond donors (Lipinski definition) is 1. The Morgan fingerprint density at radius 2 is 1.81 bits per heavy atom. The number of thiophene rings is 1. The average Bonchev–Trinajstić information content (AvgIpc) is 2.88. The first-order valence-corrected chi connectivity index (χ1v) is 10.4. The lowest BCUT2D eigenvalue weighted by molar-refractivity contribution is 0.0765. The van der Waals surface area contributed by atoms with Crippen LogP contribution < -0.4 is 5.73 Å². The molecule has 2 N–H and O–H groups in total. The van der Waals surface area contributed by atoms with Crippen LogP contribution in [0.2, 0.25) is 4.34 Å². The van der Waals surface area contributed by atoms with Gasteiger partial charge in [0.05, 0.1) is 9.90 Å². The molecule has 0 radical (unpaired) electrons. The third-order valence-electron chi connectivity index (χ3n) is 4.08. The predicted octanol–water partition coefficient (Wildman–Crippen LogP) is 2.94. The number of carbonyl (C=O) groups excluding carboxylic acids is 1. The molecule has 0 spiro atoms. The summed E-state index contributed by atoms with van der Waals surface area (Å²) in [7, 11) is -3.58. The molecular weight excluding hydrogens is 417 g/mol. The van der Waals surface area contributed by atoms with Gasteiger partial charge in [-0.25, -0.2) is 8.42 Å². The molecule has 2 heterocycles. The van der Waals surface area contributed by atoms with Crippen LogP contribution in [-0.4, -0.2) is 49.7 Å². The minimum absolute atomic E-state index is 0. The van der Waals surface area contributed by atoms with Crippen LogP contribution in [0.3, 0.4) is 0 Å². The molecule has 0 saturated carbocycles. The van der Waals surface area contributed by atoms with Gasteiger partial charge in [-0.1, -0.05) is 23.7 Å². The zero-order chi connectivity index (χ0) is 18.0. The van der Waals surface area contributed by atoms with E-state index in [9.17, 15) is 13.2 Å². The number of amides is 1. The Morgan fingerprint density at radius 3 is 2.46 bits per heavy atom. The number of nitrogens with zero attached hydrogens (tertiary/aromatic N) is 2. The Morgan fingerprint density at radius 1 is 1.08 bits per heavy atom. The SMILES string of the molecule is Cl.Nc1ccccc1C(=O)N1CCCN(S(=O)(=O)c2ccc(Cl)s2)CC1. The molecule has 0 unspecified atom stereocenters. The summed E-state index contributed by atoms with van der Waals surface area (Å²) in [6.45, 7) is 1.43. The van der Waals surface area contributed by atoms with Crippen LogP contribution in [0.5, 0.6) is 0 Å². The zero-order valence-electron chi connectivity index (χ0n) is 13.8. The highest BCUT2D eigenvalue weighted by Gasteiger charge is 2.29. The maximum Gasteiger partial charge on any atom is 0.255 e. The Bertz CT molecular complexity index is 886. The summed E-state index contributed by atoms with van der Waals surface area (Å²) in [5, 5.41) is 0. The summed E-state index contributed by atoms with van der Waals surface area (Å²) in [4.78, 5) is 14.3. The van der Waals surface area contributed by atoms with E-state index in [0.29, 0.717) is 41.6 Å². The van der Waals surface area contributed by atoms with Gasteiger partial charge in [0, 0.05) is 31.9 Å². The highest BCUT2D eigenvalue weighted by molar-refractivity contribution is 7.91. The monoisotopic (exact) mass is 435 g/mol. The Balaban J connectivity index is 0.00000243. The van der Waals surface area contributed by atoms with Gasteiger partial charge in [0.2, 0.25) is 0 Å². The summed E-state index contributed by atoms with van der Waals surface area (Å²) in [6.07, 6.45) is 0.566. The molecule has 2 aromatic rings. The number of carbonyl (C=O) groups is 1. The van der Waals surface area contributed by atoms with Gasteiger partial charge >= 0.3 is 0 Å². The van der Waals surface area contributed by atoms with Gasteiger partial charge in [0.15, 0.2) is 0 Å². The first kappa shape index (κ1) is 21.0. The molecule has 0 aliphatic carbocycles. The first-order chi connectivity index (χ1) is 11.9. The van der Waals surface area contributed by atoms with Gasteiger partial charge in [-0.2, -0.15) is 4.31 Å². The summed E-state index contributed by atoms with van der Waals surface area (Å²) in [6, 6.07) is 9.99. The lowest BCUT2D eigenvalue weighted by atomic mass is 10.1. The second-order valence-electron chi connectivity index (χ2n) is 5.70. The number of rotatable bonds is 3. The number of para-hydroxylation sites is 1. The van der Waals surface area contributed by atoms with Crippen molar-refractivity contribution < 1.29 is 13.2 Å². The predicted molar refractivity (Wildman–Crippen MR) is 107 cm³/mol. The van der Waals surface area contributed by atoms with E-state index in [-0.39, 0.29) is 29.1 Å². The van der Waals surface area contributed by atoms with E-state index in [0.717, 1.165) is 11.3 Å². The van der Waals surface area contributed by atoms with Crippen LogP contribution in [0.1, 0.15) is 16.8 Å². The second kappa shape index (κ2) is 8.58. The highest BCUT2D eigenvalue weighted by Crippen LogP contribution is 2.28. The van der Waals surface area contributed by atoms with Crippen molar-refractivity contribution in [2.45, 2.75) is 10.6 Å². The fourth-order valence-electron chi connectivity index (χ4n) is 2.76.